The van der Waals surface area contributed by atoms with Gasteiger partial charge in [0.2, 0.25) is 11.8 Å². The largest absolute Gasteiger partial charge is 0.378 e. The van der Waals surface area contributed by atoms with Crippen molar-refractivity contribution in [2.24, 2.45) is 0 Å². The van der Waals surface area contributed by atoms with E-state index in [9.17, 15) is 9.59 Å². The average molecular weight is 481 g/mol. The van der Waals surface area contributed by atoms with Gasteiger partial charge in [0.25, 0.3) is 0 Å². The highest BCUT2D eigenvalue weighted by molar-refractivity contribution is 7.71. The van der Waals surface area contributed by atoms with Gasteiger partial charge in [-0.2, -0.15) is 5.10 Å². The van der Waals surface area contributed by atoms with Crippen LogP contribution in [0.1, 0.15) is 5.56 Å². The molecule has 2 N–H and O–H groups in total. The molecule has 1 saturated heterocycles. The molecule has 2 heterocycles. The lowest BCUT2D eigenvalue weighted by Gasteiger charge is -2.28. The third-order valence-corrected chi connectivity index (χ3v) is 6.01. The molecule has 34 heavy (non-hydrogen) atoms. The predicted octanol–water partition coefficient (Wildman–Crippen LogP) is 2.85. The first-order valence-corrected chi connectivity index (χ1v) is 11.5. The SMILES string of the molecule is Cc1ccc(-c2n[nH]c(=S)n2CC(=O)N(C)CC(=O)Nc2ccc(N3CCOCC3)cc2)cc1. The molecular formula is C24H28N6O3S. The number of ether oxygens (including phenoxy) is 1. The fraction of sp³-hybridized carbons (Fsp3) is 0.333. The molecule has 1 aliphatic heterocycles. The van der Waals surface area contributed by atoms with Gasteiger partial charge in [0.05, 0.1) is 19.8 Å². The zero-order valence-electron chi connectivity index (χ0n) is 19.3. The molecule has 0 aliphatic carbocycles. The van der Waals surface area contributed by atoms with Crippen molar-refractivity contribution in [1.29, 1.82) is 0 Å². The van der Waals surface area contributed by atoms with Crippen LogP contribution in [0.2, 0.25) is 0 Å². The van der Waals surface area contributed by atoms with Gasteiger partial charge < -0.3 is 19.9 Å². The van der Waals surface area contributed by atoms with Crippen molar-refractivity contribution in [2.45, 2.75) is 13.5 Å². The Kier molecular flexibility index (Phi) is 7.39. The lowest BCUT2D eigenvalue weighted by molar-refractivity contribution is -0.133. The summed E-state index contributed by atoms with van der Waals surface area (Å²) in [5.74, 6) is 0.0600. The Hall–Kier alpha value is -3.50. The number of amides is 2. The first kappa shape index (κ1) is 23.7. The summed E-state index contributed by atoms with van der Waals surface area (Å²) in [6, 6.07) is 15.5. The van der Waals surface area contributed by atoms with Gasteiger partial charge in [-0.1, -0.05) is 29.8 Å². The molecular weight excluding hydrogens is 452 g/mol. The van der Waals surface area contributed by atoms with Gasteiger partial charge >= 0.3 is 0 Å². The number of H-pyrrole nitrogens is 1. The number of hydrogen-bond acceptors (Lipinski definition) is 6. The molecule has 178 valence electrons. The van der Waals surface area contributed by atoms with Crippen molar-refractivity contribution in [1.82, 2.24) is 19.7 Å². The monoisotopic (exact) mass is 480 g/mol. The van der Waals surface area contributed by atoms with Crippen molar-refractivity contribution < 1.29 is 14.3 Å². The van der Waals surface area contributed by atoms with E-state index in [-0.39, 0.29) is 24.9 Å². The number of morpholine rings is 1. The lowest BCUT2D eigenvalue weighted by Crippen LogP contribution is -2.37. The predicted molar refractivity (Wildman–Crippen MR) is 133 cm³/mol. The van der Waals surface area contributed by atoms with Gasteiger partial charge in [0.15, 0.2) is 10.6 Å². The second-order valence-electron chi connectivity index (χ2n) is 8.25. The third kappa shape index (κ3) is 5.70. The number of benzene rings is 2. The molecule has 1 fully saturated rings. The summed E-state index contributed by atoms with van der Waals surface area (Å²) in [7, 11) is 1.60. The molecule has 0 bridgehead atoms. The Morgan fingerprint density at radius 1 is 1.12 bits per heavy atom. The van der Waals surface area contributed by atoms with Crippen molar-refractivity contribution in [3.8, 4) is 11.4 Å². The van der Waals surface area contributed by atoms with Crippen LogP contribution in [-0.2, 0) is 20.9 Å². The minimum absolute atomic E-state index is 0.0173. The highest BCUT2D eigenvalue weighted by Crippen LogP contribution is 2.20. The van der Waals surface area contributed by atoms with E-state index in [2.05, 4.69) is 20.4 Å². The smallest absolute Gasteiger partial charge is 0.243 e. The van der Waals surface area contributed by atoms with Gasteiger partial charge in [-0.3, -0.25) is 19.3 Å². The van der Waals surface area contributed by atoms with Crippen molar-refractivity contribution in [2.75, 3.05) is 50.1 Å². The molecule has 0 spiro atoms. The summed E-state index contributed by atoms with van der Waals surface area (Å²) in [6.45, 7) is 5.05. The van der Waals surface area contributed by atoms with Crippen LogP contribution in [0.25, 0.3) is 11.4 Å². The summed E-state index contributed by atoms with van der Waals surface area (Å²) < 4.78 is 7.37. The topological polar surface area (TPSA) is 95.5 Å². The summed E-state index contributed by atoms with van der Waals surface area (Å²) in [5, 5.41) is 9.87. The van der Waals surface area contributed by atoms with Crippen LogP contribution >= 0.6 is 12.2 Å². The number of rotatable bonds is 7. The molecule has 4 rings (SSSR count). The molecule has 0 radical (unpaired) electrons. The van der Waals surface area contributed by atoms with Crippen LogP contribution in [-0.4, -0.2) is 71.4 Å². The van der Waals surface area contributed by atoms with Crippen LogP contribution in [0.4, 0.5) is 11.4 Å². The van der Waals surface area contributed by atoms with E-state index in [1.54, 1.807) is 11.6 Å². The van der Waals surface area contributed by atoms with Crippen LogP contribution < -0.4 is 10.2 Å². The van der Waals surface area contributed by atoms with E-state index in [0.717, 1.165) is 43.1 Å². The molecule has 1 aromatic heterocycles. The average Bonchev–Trinajstić information content (AvgIpc) is 3.20. The fourth-order valence-electron chi connectivity index (χ4n) is 3.72. The van der Waals surface area contributed by atoms with Crippen molar-refractivity contribution >= 4 is 35.4 Å². The van der Waals surface area contributed by atoms with Crippen molar-refractivity contribution in [3.05, 3.63) is 58.9 Å². The second-order valence-corrected chi connectivity index (χ2v) is 8.64. The van der Waals surface area contributed by atoms with Gasteiger partial charge in [-0.25, -0.2) is 0 Å². The van der Waals surface area contributed by atoms with Crippen LogP contribution in [0.3, 0.4) is 0 Å². The van der Waals surface area contributed by atoms with E-state index in [1.807, 2.05) is 55.5 Å². The Balaban J connectivity index is 1.34. The second kappa shape index (κ2) is 10.6. The number of hydrogen-bond donors (Lipinski definition) is 2. The summed E-state index contributed by atoms with van der Waals surface area (Å²) in [4.78, 5) is 29.0. The quantitative estimate of drug-likeness (QED) is 0.505. The Morgan fingerprint density at radius 2 is 1.79 bits per heavy atom. The Morgan fingerprint density at radius 3 is 2.47 bits per heavy atom. The summed E-state index contributed by atoms with van der Waals surface area (Å²) in [5.41, 5.74) is 3.75. The lowest BCUT2D eigenvalue weighted by atomic mass is 10.1. The highest BCUT2D eigenvalue weighted by Gasteiger charge is 2.18. The molecule has 1 aliphatic rings. The number of nitrogens with zero attached hydrogens (tertiary/aromatic N) is 4. The minimum atomic E-state index is -0.274. The standard InChI is InChI=1S/C24H28N6O3S/c1-17-3-5-18(6-4-17)23-26-27-24(34)30(23)16-22(32)28(2)15-21(31)25-19-7-9-20(10-8-19)29-11-13-33-14-12-29/h3-10H,11-16H2,1-2H3,(H,25,31)(H,27,34). The van der Waals surface area contributed by atoms with Crippen LogP contribution in [0, 0.1) is 11.7 Å². The third-order valence-electron chi connectivity index (χ3n) is 5.70. The maximum Gasteiger partial charge on any atom is 0.243 e. The maximum atomic E-state index is 12.8. The minimum Gasteiger partial charge on any atom is -0.378 e. The molecule has 0 atom stereocenters. The molecule has 0 unspecified atom stereocenters. The highest BCUT2D eigenvalue weighted by atomic mass is 32.1. The summed E-state index contributed by atoms with van der Waals surface area (Å²) in [6.07, 6.45) is 0. The maximum absolute atomic E-state index is 12.8. The fourth-order valence-corrected chi connectivity index (χ4v) is 3.92. The summed E-state index contributed by atoms with van der Waals surface area (Å²) >= 11 is 5.32. The Bertz CT molecular complexity index is 1200. The molecule has 10 heteroatoms. The normalized spacial score (nSPS) is 13.5. The van der Waals surface area contributed by atoms with Gasteiger partial charge in [-0.15, -0.1) is 0 Å². The zero-order valence-corrected chi connectivity index (χ0v) is 20.1. The molecule has 2 amide bonds. The number of nitrogens with one attached hydrogen (secondary N) is 2. The van der Waals surface area contributed by atoms with E-state index < -0.39 is 0 Å². The van der Waals surface area contributed by atoms with Gasteiger partial charge in [-0.05, 0) is 43.4 Å². The van der Waals surface area contributed by atoms with E-state index in [4.69, 9.17) is 17.0 Å². The molecule has 3 aromatic rings. The number of aromatic nitrogens is 3. The number of anilines is 2. The molecule has 0 saturated carbocycles. The van der Waals surface area contributed by atoms with E-state index >= 15 is 0 Å². The number of carbonyl (C=O) groups is 2. The van der Waals surface area contributed by atoms with Gasteiger partial charge in [0.1, 0.15) is 6.54 Å². The van der Waals surface area contributed by atoms with Crippen LogP contribution in [0.15, 0.2) is 48.5 Å². The Labute approximate surface area is 203 Å². The van der Waals surface area contributed by atoms with Crippen LogP contribution in [0.5, 0.6) is 0 Å². The number of aromatic amines is 1. The number of carbonyl (C=O) groups excluding carboxylic acids is 2. The van der Waals surface area contributed by atoms with E-state index in [1.165, 1.54) is 4.90 Å². The number of aryl methyl sites for hydroxylation is 1. The van der Waals surface area contributed by atoms with Gasteiger partial charge in [0, 0.05) is 37.1 Å². The first-order chi connectivity index (χ1) is 16.4. The number of likely N-dealkylation sites (N-methyl/N-ethyl adjacent to an activating group) is 1. The molecule has 9 nitrogen and oxygen atoms in total. The molecule has 2 aromatic carbocycles. The van der Waals surface area contributed by atoms with Crippen molar-refractivity contribution in [3.63, 3.8) is 0 Å². The van der Waals surface area contributed by atoms with E-state index in [0.29, 0.717) is 16.3 Å². The zero-order chi connectivity index (χ0) is 24.1. The first-order valence-electron chi connectivity index (χ1n) is 11.1.